The molecule has 2 amide bonds. The normalized spacial score (nSPS) is 19.6. The van der Waals surface area contributed by atoms with E-state index >= 15 is 0 Å². The van der Waals surface area contributed by atoms with Gasteiger partial charge in [-0.25, -0.2) is 0 Å². The fraction of sp³-hybridized carbons (Fsp3) is 0.391. The first kappa shape index (κ1) is 19.3. The Kier molecular flexibility index (Phi) is 5.43. The van der Waals surface area contributed by atoms with Crippen molar-refractivity contribution in [3.8, 4) is 5.75 Å². The number of methoxy groups -OCH3 is 1. The van der Waals surface area contributed by atoms with E-state index < -0.39 is 0 Å². The summed E-state index contributed by atoms with van der Waals surface area (Å²) in [5, 5.41) is 0. The molecule has 1 unspecified atom stereocenters. The molecule has 0 aliphatic carbocycles. The molecule has 4 rings (SSSR count). The fourth-order valence-electron chi connectivity index (χ4n) is 4.25. The first-order valence-electron chi connectivity index (χ1n) is 10.1. The molecule has 6 nitrogen and oxygen atoms in total. The highest BCUT2D eigenvalue weighted by molar-refractivity contribution is 6.00. The van der Waals surface area contributed by atoms with Crippen molar-refractivity contribution in [2.24, 2.45) is 5.92 Å². The second kappa shape index (κ2) is 8.15. The van der Waals surface area contributed by atoms with Crippen molar-refractivity contribution in [1.29, 1.82) is 0 Å². The van der Waals surface area contributed by atoms with Gasteiger partial charge in [0, 0.05) is 56.6 Å². The van der Waals surface area contributed by atoms with E-state index in [1.165, 1.54) is 11.3 Å². The van der Waals surface area contributed by atoms with Crippen LogP contribution in [0, 0.1) is 12.8 Å². The molecule has 0 saturated carbocycles. The van der Waals surface area contributed by atoms with Gasteiger partial charge in [0.1, 0.15) is 5.75 Å². The van der Waals surface area contributed by atoms with Crippen LogP contribution in [0.2, 0.25) is 0 Å². The number of piperazine rings is 1. The Hall–Kier alpha value is -3.02. The number of benzene rings is 2. The molecule has 2 saturated heterocycles. The average Bonchev–Trinajstić information content (AvgIpc) is 3.15. The van der Waals surface area contributed by atoms with Crippen LogP contribution in [0.25, 0.3) is 0 Å². The number of para-hydroxylation sites is 1. The highest BCUT2D eigenvalue weighted by Gasteiger charge is 2.38. The number of carbonyl (C=O) groups is 2. The van der Waals surface area contributed by atoms with E-state index in [1.807, 2.05) is 35.2 Å². The highest BCUT2D eigenvalue weighted by Crippen LogP contribution is 2.29. The summed E-state index contributed by atoms with van der Waals surface area (Å²) in [4.78, 5) is 31.6. The van der Waals surface area contributed by atoms with E-state index in [9.17, 15) is 9.59 Å². The Morgan fingerprint density at radius 1 is 1.03 bits per heavy atom. The number of anilines is 2. The number of nitrogens with zero attached hydrogens (tertiary/aromatic N) is 3. The van der Waals surface area contributed by atoms with Crippen molar-refractivity contribution < 1.29 is 14.3 Å². The number of ether oxygens (including phenoxy) is 1. The molecule has 2 fully saturated rings. The summed E-state index contributed by atoms with van der Waals surface area (Å²) in [7, 11) is 1.60. The summed E-state index contributed by atoms with van der Waals surface area (Å²) in [6.07, 6.45) is 0.272. The molecule has 2 aliphatic rings. The molecule has 2 aromatic rings. The summed E-state index contributed by atoms with van der Waals surface area (Å²) in [5.74, 6) is 0.513. The summed E-state index contributed by atoms with van der Waals surface area (Å²) >= 11 is 0. The van der Waals surface area contributed by atoms with Crippen molar-refractivity contribution in [2.45, 2.75) is 13.3 Å². The zero-order chi connectivity index (χ0) is 20.4. The van der Waals surface area contributed by atoms with E-state index in [2.05, 4.69) is 30.0 Å². The molecule has 0 N–H and O–H groups in total. The molecular formula is C23H27N3O3. The van der Waals surface area contributed by atoms with Crippen LogP contribution >= 0.6 is 0 Å². The van der Waals surface area contributed by atoms with E-state index in [1.54, 1.807) is 12.0 Å². The number of hydrogen-bond donors (Lipinski definition) is 0. The highest BCUT2D eigenvalue weighted by atomic mass is 16.5. The second-order valence-corrected chi connectivity index (χ2v) is 7.71. The van der Waals surface area contributed by atoms with Crippen LogP contribution in [0.3, 0.4) is 0 Å². The fourth-order valence-corrected chi connectivity index (χ4v) is 4.25. The van der Waals surface area contributed by atoms with Gasteiger partial charge in [0.25, 0.3) is 0 Å². The Morgan fingerprint density at radius 2 is 1.79 bits per heavy atom. The summed E-state index contributed by atoms with van der Waals surface area (Å²) in [6, 6.07) is 15.8. The third-order valence-corrected chi connectivity index (χ3v) is 5.89. The molecular weight excluding hydrogens is 366 g/mol. The zero-order valence-electron chi connectivity index (χ0n) is 17.0. The number of carbonyl (C=O) groups excluding carboxylic acids is 2. The van der Waals surface area contributed by atoms with E-state index in [0.717, 1.165) is 18.8 Å². The van der Waals surface area contributed by atoms with Crippen molar-refractivity contribution in [1.82, 2.24) is 4.90 Å². The predicted molar refractivity (Wildman–Crippen MR) is 113 cm³/mol. The van der Waals surface area contributed by atoms with Gasteiger partial charge in [-0.15, -0.1) is 0 Å². The minimum atomic E-state index is -0.279. The van der Waals surface area contributed by atoms with Crippen molar-refractivity contribution in [3.05, 3.63) is 54.1 Å². The minimum Gasteiger partial charge on any atom is -0.497 e. The standard InChI is InChI=1S/C23H27N3O3/c1-17-6-3-4-9-21(17)24-10-12-25(13-11-24)23(28)18-14-22(27)26(16-18)19-7-5-8-20(15-19)29-2/h3-9,15,18H,10-14,16H2,1-2H3. The van der Waals surface area contributed by atoms with Crippen molar-refractivity contribution >= 4 is 23.2 Å². The van der Waals surface area contributed by atoms with Gasteiger partial charge in [-0.1, -0.05) is 24.3 Å². The van der Waals surface area contributed by atoms with Crippen molar-refractivity contribution in [3.63, 3.8) is 0 Å². The quantitative estimate of drug-likeness (QED) is 0.802. The maximum Gasteiger partial charge on any atom is 0.228 e. The van der Waals surface area contributed by atoms with Crippen LogP contribution < -0.4 is 14.5 Å². The van der Waals surface area contributed by atoms with Gasteiger partial charge in [0.15, 0.2) is 0 Å². The topological polar surface area (TPSA) is 53.1 Å². The number of amides is 2. The lowest BCUT2D eigenvalue weighted by molar-refractivity contribution is -0.136. The number of hydrogen-bond acceptors (Lipinski definition) is 4. The lowest BCUT2D eigenvalue weighted by atomic mass is 10.1. The van der Waals surface area contributed by atoms with E-state index in [-0.39, 0.29) is 24.2 Å². The molecule has 6 heteroatoms. The molecule has 152 valence electrons. The van der Waals surface area contributed by atoms with Gasteiger partial charge in [0.2, 0.25) is 11.8 Å². The first-order chi connectivity index (χ1) is 14.1. The molecule has 2 heterocycles. The number of rotatable bonds is 4. The molecule has 2 aliphatic heterocycles. The van der Waals surface area contributed by atoms with Gasteiger partial charge < -0.3 is 19.4 Å². The molecule has 29 heavy (non-hydrogen) atoms. The average molecular weight is 393 g/mol. The monoisotopic (exact) mass is 393 g/mol. The third-order valence-electron chi connectivity index (χ3n) is 5.89. The molecule has 1 atom stereocenters. The smallest absolute Gasteiger partial charge is 0.228 e. The molecule has 0 spiro atoms. The van der Waals surface area contributed by atoms with Gasteiger partial charge in [0.05, 0.1) is 13.0 Å². The van der Waals surface area contributed by atoms with E-state index in [4.69, 9.17) is 4.74 Å². The Morgan fingerprint density at radius 3 is 2.52 bits per heavy atom. The van der Waals surface area contributed by atoms with Crippen molar-refractivity contribution in [2.75, 3.05) is 49.6 Å². The first-order valence-corrected chi connectivity index (χ1v) is 10.1. The molecule has 0 radical (unpaired) electrons. The number of aryl methyl sites for hydroxylation is 1. The maximum absolute atomic E-state index is 13.1. The molecule has 0 bridgehead atoms. The molecule has 0 aromatic heterocycles. The Balaban J connectivity index is 1.38. The SMILES string of the molecule is COc1cccc(N2CC(C(=O)N3CCN(c4ccccc4C)CC3)CC2=O)c1. The Bertz CT molecular complexity index is 906. The Labute approximate surface area is 171 Å². The maximum atomic E-state index is 13.1. The lowest BCUT2D eigenvalue weighted by Gasteiger charge is -2.37. The molecule has 2 aromatic carbocycles. The summed E-state index contributed by atoms with van der Waals surface area (Å²) in [6.45, 7) is 5.56. The second-order valence-electron chi connectivity index (χ2n) is 7.71. The van der Waals surface area contributed by atoms with Crippen LogP contribution in [-0.2, 0) is 9.59 Å². The predicted octanol–water partition coefficient (Wildman–Crippen LogP) is 2.71. The van der Waals surface area contributed by atoms with Crippen LogP contribution in [0.4, 0.5) is 11.4 Å². The zero-order valence-corrected chi connectivity index (χ0v) is 17.0. The van der Waals surface area contributed by atoms with E-state index in [0.29, 0.717) is 25.4 Å². The van der Waals surface area contributed by atoms with Gasteiger partial charge in [-0.05, 0) is 30.7 Å². The lowest BCUT2D eigenvalue weighted by Crippen LogP contribution is -2.50. The van der Waals surface area contributed by atoms with Gasteiger partial charge in [-0.2, -0.15) is 0 Å². The summed E-state index contributed by atoms with van der Waals surface area (Å²) in [5.41, 5.74) is 3.27. The largest absolute Gasteiger partial charge is 0.497 e. The van der Waals surface area contributed by atoms with Crippen LogP contribution in [-0.4, -0.2) is 56.5 Å². The third kappa shape index (κ3) is 3.92. The minimum absolute atomic E-state index is 0.00449. The van der Waals surface area contributed by atoms with Crippen LogP contribution in [0.5, 0.6) is 5.75 Å². The summed E-state index contributed by atoms with van der Waals surface area (Å²) < 4.78 is 5.26. The van der Waals surface area contributed by atoms with Gasteiger partial charge >= 0.3 is 0 Å². The van der Waals surface area contributed by atoms with Crippen LogP contribution in [0.1, 0.15) is 12.0 Å². The van der Waals surface area contributed by atoms with Crippen LogP contribution in [0.15, 0.2) is 48.5 Å². The van der Waals surface area contributed by atoms with Gasteiger partial charge in [-0.3, -0.25) is 9.59 Å².